The Balaban J connectivity index is 2.31. The first kappa shape index (κ1) is 15.9. The van der Waals surface area contributed by atoms with Crippen molar-refractivity contribution in [2.24, 2.45) is 11.7 Å². The average Bonchev–Trinajstić information content (AvgIpc) is 2.67. The zero-order chi connectivity index (χ0) is 14.1. The van der Waals surface area contributed by atoms with Gasteiger partial charge in [-0.15, -0.1) is 0 Å². The summed E-state index contributed by atoms with van der Waals surface area (Å²) in [5, 5.41) is 0. The lowest BCUT2D eigenvalue weighted by molar-refractivity contribution is -0.139. The molecule has 1 aliphatic rings. The van der Waals surface area contributed by atoms with E-state index >= 15 is 0 Å². The molecular formula is C15H26N2O2. The number of carbonyl (C=O) groups excluding carboxylic acids is 2. The quantitative estimate of drug-likeness (QED) is 0.395. The van der Waals surface area contributed by atoms with E-state index in [0.717, 1.165) is 6.42 Å². The summed E-state index contributed by atoms with van der Waals surface area (Å²) in [4.78, 5) is 25.1. The molecule has 1 heterocycles. The fraction of sp³-hybridized carbons (Fsp3) is 0.733. The van der Waals surface area contributed by atoms with E-state index < -0.39 is 0 Å². The molecule has 0 aromatic rings. The Morgan fingerprint density at radius 1 is 1.26 bits per heavy atom. The Labute approximate surface area is 116 Å². The number of likely N-dealkylation sites (tertiary alicyclic amines) is 1. The number of nitrogens with two attached hydrogens (primary N) is 1. The van der Waals surface area contributed by atoms with E-state index in [1.165, 1.54) is 24.2 Å². The van der Waals surface area contributed by atoms with Gasteiger partial charge >= 0.3 is 0 Å². The maximum absolute atomic E-state index is 12.0. The molecule has 1 unspecified atom stereocenters. The summed E-state index contributed by atoms with van der Waals surface area (Å²) in [5.74, 6) is -0.202. The van der Waals surface area contributed by atoms with Gasteiger partial charge in [0, 0.05) is 13.0 Å². The second-order valence-corrected chi connectivity index (χ2v) is 5.13. The Kier molecular flexibility index (Phi) is 7.41. The minimum absolute atomic E-state index is 0.0170. The molecule has 2 N–H and O–H groups in total. The second-order valence-electron chi connectivity index (χ2n) is 5.13. The number of unbranched alkanes of at least 4 members (excludes halogenated alkanes) is 3. The van der Waals surface area contributed by atoms with Crippen LogP contribution in [0.3, 0.4) is 0 Å². The van der Waals surface area contributed by atoms with Crippen LogP contribution in [0.25, 0.3) is 0 Å². The first-order valence-electron chi connectivity index (χ1n) is 7.40. The number of hydrogen-bond donors (Lipinski definition) is 1. The molecule has 1 aliphatic heterocycles. The summed E-state index contributed by atoms with van der Waals surface area (Å²) >= 11 is 0. The lowest BCUT2D eigenvalue weighted by Gasteiger charge is -2.13. The van der Waals surface area contributed by atoms with Gasteiger partial charge in [0.2, 0.25) is 11.8 Å². The third kappa shape index (κ3) is 5.15. The van der Waals surface area contributed by atoms with Crippen LogP contribution >= 0.6 is 0 Å². The van der Waals surface area contributed by atoms with Crippen molar-refractivity contribution < 1.29 is 9.59 Å². The maximum Gasteiger partial charge on any atom is 0.233 e. The Bertz CT molecular complexity index is 326. The van der Waals surface area contributed by atoms with Crippen LogP contribution in [0, 0.1) is 5.92 Å². The van der Waals surface area contributed by atoms with Gasteiger partial charge in [0.15, 0.2) is 0 Å². The predicted octanol–water partition coefficient (Wildman–Crippen LogP) is 2.24. The molecule has 0 aromatic carbocycles. The molecule has 4 heteroatoms. The molecule has 1 saturated heterocycles. The molecule has 0 bridgehead atoms. The summed E-state index contributed by atoms with van der Waals surface area (Å²) in [6, 6.07) is 0. The topological polar surface area (TPSA) is 63.4 Å². The van der Waals surface area contributed by atoms with Gasteiger partial charge in [-0.3, -0.25) is 14.5 Å². The summed E-state index contributed by atoms with van der Waals surface area (Å²) < 4.78 is 0. The van der Waals surface area contributed by atoms with E-state index in [9.17, 15) is 9.59 Å². The van der Waals surface area contributed by atoms with Crippen molar-refractivity contribution in [1.29, 1.82) is 0 Å². The van der Waals surface area contributed by atoms with Crippen molar-refractivity contribution in [3.05, 3.63) is 12.2 Å². The molecule has 0 aromatic heterocycles. The molecule has 4 nitrogen and oxygen atoms in total. The first-order chi connectivity index (χ1) is 9.20. The minimum Gasteiger partial charge on any atom is -0.330 e. The molecule has 0 saturated carbocycles. The van der Waals surface area contributed by atoms with Crippen LogP contribution in [0.2, 0.25) is 0 Å². The average molecular weight is 266 g/mol. The molecule has 2 amide bonds. The molecule has 0 radical (unpaired) electrons. The van der Waals surface area contributed by atoms with Crippen molar-refractivity contribution in [2.75, 3.05) is 13.1 Å². The number of carbonyl (C=O) groups is 2. The van der Waals surface area contributed by atoms with E-state index in [0.29, 0.717) is 32.4 Å². The Hall–Kier alpha value is -1.16. The molecule has 0 spiro atoms. The fourth-order valence-electron chi connectivity index (χ4n) is 2.31. The molecule has 1 fully saturated rings. The SMILES string of the molecule is CCCCC/C=C/CC1CC(=O)N(CCCN)C1=O. The third-order valence-electron chi connectivity index (χ3n) is 3.48. The van der Waals surface area contributed by atoms with Crippen molar-refractivity contribution in [1.82, 2.24) is 4.90 Å². The van der Waals surface area contributed by atoms with Gasteiger partial charge < -0.3 is 5.73 Å². The molecule has 0 aliphatic carbocycles. The smallest absolute Gasteiger partial charge is 0.233 e. The lowest BCUT2D eigenvalue weighted by Crippen LogP contribution is -2.32. The summed E-state index contributed by atoms with van der Waals surface area (Å²) in [6.07, 6.45) is 10.7. The van der Waals surface area contributed by atoms with E-state index in [1.807, 2.05) is 0 Å². The molecular weight excluding hydrogens is 240 g/mol. The number of nitrogens with zero attached hydrogens (tertiary/aromatic N) is 1. The van der Waals surface area contributed by atoms with Crippen molar-refractivity contribution in [3.63, 3.8) is 0 Å². The Morgan fingerprint density at radius 2 is 2.05 bits per heavy atom. The van der Waals surface area contributed by atoms with Crippen molar-refractivity contribution in [3.8, 4) is 0 Å². The van der Waals surface area contributed by atoms with Crippen LogP contribution in [0.4, 0.5) is 0 Å². The molecule has 1 atom stereocenters. The summed E-state index contributed by atoms with van der Waals surface area (Å²) in [5.41, 5.74) is 5.41. The standard InChI is InChI=1S/C15H26N2O2/c1-2-3-4-5-6-7-9-13-12-14(18)17(15(13)19)11-8-10-16/h6-7,13H,2-5,8-12,16H2,1H3/b7-6+. The van der Waals surface area contributed by atoms with Gasteiger partial charge in [-0.25, -0.2) is 0 Å². The van der Waals surface area contributed by atoms with Crippen LogP contribution in [0.1, 0.15) is 51.9 Å². The van der Waals surface area contributed by atoms with Crippen LogP contribution < -0.4 is 5.73 Å². The fourth-order valence-corrected chi connectivity index (χ4v) is 2.31. The third-order valence-corrected chi connectivity index (χ3v) is 3.48. The maximum atomic E-state index is 12.0. The van der Waals surface area contributed by atoms with Crippen molar-refractivity contribution >= 4 is 11.8 Å². The Morgan fingerprint density at radius 3 is 2.74 bits per heavy atom. The zero-order valence-corrected chi connectivity index (χ0v) is 11.9. The second kappa shape index (κ2) is 8.86. The predicted molar refractivity (Wildman–Crippen MR) is 76.4 cm³/mol. The monoisotopic (exact) mass is 266 g/mol. The number of amides is 2. The molecule has 19 heavy (non-hydrogen) atoms. The van der Waals surface area contributed by atoms with Crippen LogP contribution in [-0.2, 0) is 9.59 Å². The van der Waals surface area contributed by atoms with Gasteiger partial charge in [0.05, 0.1) is 5.92 Å². The van der Waals surface area contributed by atoms with Gasteiger partial charge in [-0.2, -0.15) is 0 Å². The highest BCUT2D eigenvalue weighted by molar-refractivity contribution is 6.03. The highest BCUT2D eigenvalue weighted by Crippen LogP contribution is 2.23. The van der Waals surface area contributed by atoms with E-state index in [-0.39, 0.29) is 17.7 Å². The minimum atomic E-state index is -0.146. The van der Waals surface area contributed by atoms with Crippen LogP contribution in [0.5, 0.6) is 0 Å². The lowest BCUT2D eigenvalue weighted by atomic mass is 10.0. The van der Waals surface area contributed by atoms with Crippen LogP contribution in [-0.4, -0.2) is 29.8 Å². The highest BCUT2D eigenvalue weighted by Gasteiger charge is 2.36. The van der Waals surface area contributed by atoms with Gasteiger partial charge in [0.1, 0.15) is 0 Å². The number of hydrogen-bond acceptors (Lipinski definition) is 3. The van der Waals surface area contributed by atoms with Gasteiger partial charge in [0.25, 0.3) is 0 Å². The largest absolute Gasteiger partial charge is 0.330 e. The van der Waals surface area contributed by atoms with E-state index in [1.54, 1.807) is 0 Å². The van der Waals surface area contributed by atoms with Gasteiger partial charge in [-0.1, -0.05) is 31.9 Å². The van der Waals surface area contributed by atoms with E-state index in [4.69, 9.17) is 5.73 Å². The number of rotatable bonds is 9. The zero-order valence-electron chi connectivity index (χ0n) is 11.9. The summed E-state index contributed by atoms with van der Waals surface area (Å²) in [7, 11) is 0. The number of allylic oxidation sites excluding steroid dienone is 2. The highest BCUT2D eigenvalue weighted by atomic mass is 16.2. The number of imide groups is 1. The van der Waals surface area contributed by atoms with Gasteiger partial charge in [-0.05, 0) is 32.2 Å². The van der Waals surface area contributed by atoms with E-state index in [2.05, 4.69) is 19.1 Å². The molecule has 108 valence electrons. The molecule has 1 rings (SSSR count). The van der Waals surface area contributed by atoms with Crippen LogP contribution in [0.15, 0.2) is 12.2 Å². The van der Waals surface area contributed by atoms with Crippen molar-refractivity contribution in [2.45, 2.75) is 51.9 Å². The first-order valence-corrected chi connectivity index (χ1v) is 7.40. The summed E-state index contributed by atoms with van der Waals surface area (Å²) in [6.45, 7) is 3.17. The normalized spacial score (nSPS) is 19.9.